The van der Waals surface area contributed by atoms with E-state index in [2.05, 4.69) is 15.9 Å². The molecule has 19 heavy (non-hydrogen) atoms. The molecule has 0 radical (unpaired) electrons. The molecule has 2 rings (SSSR count). The Morgan fingerprint density at radius 3 is 2.63 bits per heavy atom. The molecule has 2 aromatic rings. The molecule has 2 aromatic carbocycles. The maximum absolute atomic E-state index is 13.0. The minimum absolute atomic E-state index is 0.158. The van der Waals surface area contributed by atoms with Gasteiger partial charge in [0, 0.05) is 15.5 Å². The van der Waals surface area contributed by atoms with Crippen LogP contribution in [0.3, 0.4) is 0 Å². The summed E-state index contributed by atoms with van der Waals surface area (Å²) in [6.45, 7) is 2.02. The smallest absolute Gasteiger partial charge is 0.124 e. The second-order valence-corrected chi connectivity index (χ2v) is 5.82. The van der Waals surface area contributed by atoms with Crippen LogP contribution in [0.4, 0.5) is 4.39 Å². The number of hydrogen-bond donors (Lipinski definition) is 1. The van der Waals surface area contributed by atoms with Crippen molar-refractivity contribution < 1.29 is 4.39 Å². The molecule has 1 atom stereocenters. The second kappa shape index (κ2) is 6.04. The van der Waals surface area contributed by atoms with E-state index in [-0.39, 0.29) is 11.9 Å². The van der Waals surface area contributed by atoms with E-state index in [0.717, 1.165) is 21.2 Å². The van der Waals surface area contributed by atoms with Crippen LogP contribution in [-0.4, -0.2) is 0 Å². The molecule has 0 saturated carbocycles. The van der Waals surface area contributed by atoms with E-state index in [9.17, 15) is 4.39 Å². The molecule has 0 aliphatic heterocycles. The lowest BCUT2D eigenvalue weighted by molar-refractivity contribution is 0.625. The Hall–Kier alpha value is -0.900. The van der Waals surface area contributed by atoms with Gasteiger partial charge in [-0.1, -0.05) is 45.7 Å². The maximum Gasteiger partial charge on any atom is 0.124 e. The summed E-state index contributed by atoms with van der Waals surface area (Å²) in [5.74, 6) is -0.332. The SMILES string of the molecule is Cc1cc(C(N)Cc2ccc(F)cc2Cl)ccc1Br. The number of hydrogen-bond acceptors (Lipinski definition) is 1. The van der Waals surface area contributed by atoms with E-state index in [1.807, 2.05) is 25.1 Å². The van der Waals surface area contributed by atoms with E-state index in [1.165, 1.54) is 12.1 Å². The Morgan fingerprint density at radius 1 is 1.26 bits per heavy atom. The predicted molar refractivity (Wildman–Crippen MR) is 80.9 cm³/mol. The molecule has 0 aliphatic rings. The predicted octanol–water partition coefficient (Wildman–Crippen LogP) is 4.79. The van der Waals surface area contributed by atoms with Crippen LogP contribution in [-0.2, 0) is 6.42 Å². The molecule has 0 spiro atoms. The van der Waals surface area contributed by atoms with Gasteiger partial charge in [0.05, 0.1) is 0 Å². The first kappa shape index (κ1) is 14.5. The average Bonchev–Trinajstić information content (AvgIpc) is 2.36. The van der Waals surface area contributed by atoms with Gasteiger partial charge < -0.3 is 5.73 Å². The van der Waals surface area contributed by atoms with Crippen LogP contribution in [0.5, 0.6) is 0 Å². The maximum atomic E-state index is 13.0. The molecule has 0 aromatic heterocycles. The first-order chi connectivity index (χ1) is 8.97. The van der Waals surface area contributed by atoms with Crippen molar-refractivity contribution in [3.8, 4) is 0 Å². The number of benzene rings is 2. The Labute approximate surface area is 125 Å². The monoisotopic (exact) mass is 341 g/mol. The molecule has 0 bridgehead atoms. The molecule has 2 N–H and O–H groups in total. The van der Waals surface area contributed by atoms with Crippen LogP contribution in [0.1, 0.15) is 22.7 Å². The topological polar surface area (TPSA) is 26.0 Å². The molecule has 0 fully saturated rings. The average molecular weight is 343 g/mol. The number of aryl methyl sites for hydroxylation is 1. The van der Waals surface area contributed by atoms with Crippen molar-refractivity contribution in [2.24, 2.45) is 5.73 Å². The third kappa shape index (κ3) is 3.56. The fraction of sp³-hybridized carbons (Fsp3) is 0.200. The summed E-state index contributed by atoms with van der Waals surface area (Å²) in [5.41, 5.74) is 9.22. The minimum atomic E-state index is -0.332. The molecular weight excluding hydrogens is 329 g/mol. The van der Waals surface area contributed by atoms with Crippen molar-refractivity contribution in [3.63, 3.8) is 0 Å². The lowest BCUT2D eigenvalue weighted by Gasteiger charge is -2.14. The molecule has 1 nitrogen and oxygen atoms in total. The minimum Gasteiger partial charge on any atom is -0.324 e. The zero-order chi connectivity index (χ0) is 14.0. The van der Waals surface area contributed by atoms with Crippen LogP contribution >= 0.6 is 27.5 Å². The van der Waals surface area contributed by atoms with Gasteiger partial charge in [-0.3, -0.25) is 0 Å². The van der Waals surface area contributed by atoms with Crippen molar-refractivity contribution in [3.05, 3.63) is 68.4 Å². The first-order valence-electron chi connectivity index (χ1n) is 5.93. The van der Waals surface area contributed by atoms with Gasteiger partial charge in [-0.05, 0) is 48.2 Å². The summed E-state index contributed by atoms with van der Waals surface area (Å²) in [6, 6.07) is 10.3. The van der Waals surface area contributed by atoms with Crippen molar-refractivity contribution >= 4 is 27.5 Å². The molecule has 1 unspecified atom stereocenters. The highest BCUT2D eigenvalue weighted by molar-refractivity contribution is 9.10. The zero-order valence-electron chi connectivity index (χ0n) is 10.5. The summed E-state index contributed by atoms with van der Waals surface area (Å²) in [6.07, 6.45) is 0.584. The Bertz CT molecular complexity index is 601. The lowest BCUT2D eigenvalue weighted by Crippen LogP contribution is -2.13. The molecule has 0 heterocycles. The quantitative estimate of drug-likeness (QED) is 0.852. The van der Waals surface area contributed by atoms with Gasteiger partial charge >= 0.3 is 0 Å². The van der Waals surface area contributed by atoms with E-state index < -0.39 is 0 Å². The summed E-state index contributed by atoms with van der Waals surface area (Å²) in [4.78, 5) is 0. The number of nitrogens with two attached hydrogens (primary N) is 1. The summed E-state index contributed by atoms with van der Waals surface area (Å²) < 4.78 is 14.0. The van der Waals surface area contributed by atoms with Gasteiger partial charge in [0.1, 0.15) is 5.82 Å². The highest BCUT2D eigenvalue weighted by Gasteiger charge is 2.11. The van der Waals surface area contributed by atoms with E-state index in [0.29, 0.717) is 11.4 Å². The molecule has 100 valence electrons. The van der Waals surface area contributed by atoms with Crippen LogP contribution in [0.2, 0.25) is 5.02 Å². The third-order valence-corrected chi connectivity index (χ3v) is 4.31. The van der Waals surface area contributed by atoms with E-state index in [1.54, 1.807) is 6.07 Å². The zero-order valence-corrected chi connectivity index (χ0v) is 12.8. The van der Waals surface area contributed by atoms with Gasteiger partial charge in [0.2, 0.25) is 0 Å². The van der Waals surface area contributed by atoms with Gasteiger partial charge in [-0.15, -0.1) is 0 Å². The largest absolute Gasteiger partial charge is 0.324 e. The molecule has 0 aliphatic carbocycles. The van der Waals surface area contributed by atoms with Gasteiger partial charge in [0.25, 0.3) is 0 Å². The van der Waals surface area contributed by atoms with Gasteiger partial charge in [-0.25, -0.2) is 4.39 Å². The molecule has 4 heteroatoms. The fourth-order valence-corrected chi connectivity index (χ4v) is 2.43. The first-order valence-corrected chi connectivity index (χ1v) is 7.10. The molecule has 0 saturated heterocycles. The van der Waals surface area contributed by atoms with Gasteiger partial charge in [0.15, 0.2) is 0 Å². The van der Waals surface area contributed by atoms with Crippen LogP contribution in [0.15, 0.2) is 40.9 Å². The van der Waals surface area contributed by atoms with Crippen LogP contribution in [0.25, 0.3) is 0 Å². The second-order valence-electron chi connectivity index (χ2n) is 4.55. The van der Waals surface area contributed by atoms with Gasteiger partial charge in [-0.2, -0.15) is 0 Å². The highest BCUT2D eigenvalue weighted by Crippen LogP contribution is 2.25. The molecular formula is C15H14BrClFN. The Kier molecular flexibility index (Phi) is 4.61. The van der Waals surface area contributed by atoms with E-state index in [4.69, 9.17) is 17.3 Å². The highest BCUT2D eigenvalue weighted by atomic mass is 79.9. The lowest BCUT2D eigenvalue weighted by atomic mass is 9.98. The fourth-order valence-electron chi connectivity index (χ4n) is 1.94. The normalized spacial score (nSPS) is 12.5. The van der Waals surface area contributed by atoms with Crippen molar-refractivity contribution in [2.45, 2.75) is 19.4 Å². The summed E-state index contributed by atoms with van der Waals surface area (Å²) in [7, 11) is 0. The van der Waals surface area contributed by atoms with E-state index >= 15 is 0 Å². The van der Waals surface area contributed by atoms with Crippen molar-refractivity contribution in [1.29, 1.82) is 0 Å². The summed E-state index contributed by atoms with van der Waals surface area (Å²) >= 11 is 9.48. The number of rotatable bonds is 3. The van der Waals surface area contributed by atoms with Crippen molar-refractivity contribution in [1.82, 2.24) is 0 Å². The Morgan fingerprint density at radius 2 is 2.00 bits per heavy atom. The van der Waals surface area contributed by atoms with Crippen molar-refractivity contribution in [2.75, 3.05) is 0 Å². The molecule has 0 amide bonds. The summed E-state index contributed by atoms with van der Waals surface area (Å²) in [5, 5.41) is 0.421. The number of halogens is 3. The van der Waals surface area contributed by atoms with Crippen LogP contribution < -0.4 is 5.73 Å². The Balaban J connectivity index is 2.20. The third-order valence-electron chi connectivity index (χ3n) is 3.07. The standard InChI is InChI=1S/C15H14BrClFN/c1-9-6-11(3-5-13(9)16)15(19)7-10-2-4-12(18)8-14(10)17/h2-6,8,15H,7,19H2,1H3. The van der Waals surface area contributed by atoms with Crippen LogP contribution in [0, 0.1) is 12.7 Å².